The number of halogens is 1. The van der Waals surface area contributed by atoms with Crippen molar-refractivity contribution in [2.24, 2.45) is 0 Å². The molecule has 1 aromatic carbocycles. The molecule has 0 unspecified atom stereocenters. The molecule has 5 rings (SSSR count). The van der Waals surface area contributed by atoms with Crippen LogP contribution in [0.15, 0.2) is 55.0 Å². The number of carbonyl (C=O) groups is 1. The normalized spacial score (nSPS) is 16.3. The van der Waals surface area contributed by atoms with Crippen molar-refractivity contribution >= 4 is 23.3 Å². The lowest BCUT2D eigenvalue weighted by atomic mass is 10.1. The summed E-state index contributed by atoms with van der Waals surface area (Å²) in [7, 11) is 0. The first-order valence-electron chi connectivity index (χ1n) is 9.68. The molecule has 152 valence electrons. The van der Waals surface area contributed by atoms with Gasteiger partial charge in [0.15, 0.2) is 0 Å². The van der Waals surface area contributed by atoms with E-state index >= 15 is 0 Å². The van der Waals surface area contributed by atoms with Gasteiger partial charge in [0.05, 0.1) is 16.4 Å². The van der Waals surface area contributed by atoms with E-state index in [4.69, 9.17) is 16.3 Å². The predicted molar refractivity (Wildman–Crippen MR) is 111 cm³/mol. The second kappa shape index (κ2) is 7.79. The fourth-order valence-electron chi connectivity index (χ4n) is 3.66. The number of likely N-dealkylation sites (tertiary alicyclic amines) is 1. The summed E-state index contributed by atoms with van der Waals surface area (Å²) in [5, 5.41) is 8.02. The molecule has 0 bridgehead atoms. The topological polar surface area (TPSA) is 88.4 Å². The molecule has 30 heavy (non-hydrogen) atoms. The fourth-order valence-corrected chi connectivity index (χ4v) is 3.85. The molecule has 1 atom stereocenters. The predicted octanol–water partition coefficient (Wildman–Crippen LogP) is 3.31. The Hall–Kier alpha value is -3.39. The van der Waals surface area contributed by atoms with E-state index in [1.807, 2.05) is 35.4 Å². The summed E-state index contributed by atoms with van der Waals surface area (Å²) in [6.45, 7) is 1.62. The number of aromatic amines is 1. The average molecular weight is 423 g/mol. The van der Waals surface area contributed by atoms with Crippen molar-refractivity contribution in [1.82, 2.24) is 29.5 Å². The number of hydrogen-bond donors (Lipinski definition) is 1. The van der Waals surface area contributed by atoms with Crippen molar-refractivity contribution in [2.75, 3.05) is 13.1 Å². The van der Waals surface area contributed by atoms with E-state index in [1.165, 1.54) is 0 Å². The standard InChI is InChI=1S/C21H19ClN6O2/c22-16-4-1-2-5-19(16)30-13-15-10-17(26-25-15)14-6-9-27(11-14)20(29)18-12-28-8-3-7-23-21(28)24-18/h1-5,7-8,10,12,14H,6,9,11,13H2,(H,25,26)/t14-/m0/s1. The maximum atomic E-state index is 12.9. The molecule has 0 spiro atoms. The number of benzene rings is 1. The van der Waals surface area contributed by atoms with E-state index in [1.54, 1.807) is 28.9 Å². The number of nitrogens with zero attached hydrogens (tertiary/aromatic N) is 5. The van der Waals surface area contributed by atoms with Crippen LogP contribution in [-0.2, 0) is 6.61 Å². The van der Waals surface area contributed by atoms with E-state index in [9.17, 15) is 4.79 Å². The minimum atomic E-state index is -0.0826. The minimum Gasteiger partial charge on any atom is -0.486 e. The van der Waals surface area contributed by atoms with Crippen molar-refractivity contribution < 1.29 is 9.53 Å². The summed E-state index contributed by atoms with van der Waals surface area (Å²) in [6.07, 6.45) is 6.06. The zero-order valence-corrected chi connectivity index (χ0v) is 16.8. The number of rotatable bonds is 5. The second-order valence-electron chi connectivity index (χ2n) is 7.23. The van der Waals surface area contributed by atoms with Crippen LogP contribution >= 0.6 is 11.6 Å². The summed E-state index contributed by atoms with van der Waals surface area (Å²) in [5.41, 5.74) is 2.20. The Balaban J connectivity index is 1.22. The third-order valence-electron chi connectivity index (χ3n) is 5.22. The van der Waals surface area contributed by atoms with Gasteiger partial charge in [-0.3, -0.25) is 14.3 Å². The molecule has 4 aromatic rings. The first kappa shape index (κ1) is 18.6. The van der Waals surface area contributed by atoms with Crippen LogP contribution in [0.5, 0.6) is 5.75 Å². The fraction of sp³-hybridized carbons (Fsp3) is 0.238. The van der Waals surface area contributed by atoms with Gasteiger partial charge in [-0.1, -0.05) is 23.7 Å². The quantitative estimate of drug-likeness (QED) is 0.533. The van der Waals surface area contributed by atoms with Crippen molar-refractivity contribution in [3.05, 3.63) is 77.1 Å². The Morgan fingerprint density at radius 3 is 3.07 bits per heavy atom. The molecule has 1 amide bonds. The van der Waals surface area contributed by atoms with Crippen molar-refractivity contribution in [2.45, 2.75) is 18.9 Å². The first-order valence-corrected chi connectivity index (χ1v) is 10.1. The summed E-state index contributed by atoms with van der Waals surface area (Å²) >= 11 is 6.12. The third-order valence-corrected chi connectivity index (χ3v) is 5.53. The largest absolute Gasteiger partial charge is 0.486 e. The highest BCUT2D eigenvalue weighted by molar-refractivity contribution is 6.32. The number of para-hydroxylation sites is 1. The van der Waals surface area contributed by atoms with E-state index in [0.717, 1.165) is 17.8 Å². The molecule has 1 saturated heterocycles. The zero-order chi connectivity index (χ0) is 20.5. The maximum absolute atomic E-state index is 12.9. The monoisotopic (exact) mass is 422 g/mol. The Labute approximate surface area is 177 Å². The minimum absolute atomic E-state index is 0.0826. The highest BCUT2D eigenvalue weighted by Crippen LogP contribution is 2.28. The van der Waals surface area contributed by atoms with Crippen LogP contribution in [0.1, 0.15) is 34.2 Å². The van der Waals surface area contributed by atoms with Gasteiger partial charge in [-0.15, -0.1) is 0 Å². The lowest BCUT2D eigenvalue weighted by Gasteiger charge is -2.14. The third kappa shape index (κ3) is 3.61. The SMILES string of the molecule is O=C(c1cn2cccnc2n1)N1CC[C@H](c2cc(COc3ccccc3Cl)[nH]n2)C1. The van der Waals surface area contributed by atoms with E-state index in [-0.39, 0.29) is 11.8 Å². The van der Waals surface area contributed by atoms with Crippen LogP contribution in [0.3, 0.4) is 0 Å². The Morgan fingerprint density at radius 2 is 2.20 bits per heavy atom. The van der Waals surface area contributed by atoms with Crippen molar-refractivity contribution in [3.8, 4) is 5.75 Å². The lowest BCUT2D eigenvalue weighted by molar-refractivity contribution is 0.0785. The summed E-state index contributed by atoms with van der Waals surface area (Å²) < 4.78 is 7.51. The summed E-state index contributed by atoms with van der Waals surface area (Å²) in [4.78, 5) is 23.2. The van der Waals surface area contributed by atoms with Gasteiger partial charge in [-0.25, -0.2) is 9.97 Å². The molecular weight excluding hydrogens is 404 g/mol. The van der Waals surface area contributed by atoms with Crippen LogP contribution < -0.4 is 4.74 Å². The molecule has 0 radical (unpaired) electrons. The summed E-state index contributed by atoms with van der Waals surface area (Å²) in [6, 6.07) is 11.2. The lowest BCUT2D eigenvalue weighted by Crippen LogP contribution is -2.28. The Bertz CT molecular complexity index is 1170. The van der Waals surface area contributed by atoms with Gasteiger partial charge in [-0.2, -0.15) is 5.10 Å². The first-order chi connectivity index (χ1) is 14.7. The van der Waals surface area contributed by atoms with Gasteiger partial charge in [0.25, 0.3) is 5.91 Å². The molecule has 1 aliphatic heterocycles. The number of aromatic nitrogens is 5. The molecule has 0 saturated carbocycles. The molecule has 9 heteroatoms. The molecule has 1 aliphatic rings. The zero-order valence-electron chi connectivity index (χ0n) is 16.0. The number of fused-ring (bicyclic) bond motifs is 1. The highest BCUT2D eigenvalue weighted by atomic mass is 35.5. The van der Waals surface area contributed by atoms with Crippen LogP contribution in [0.4, 0.5) is 0 Å². The van der Waals surface area contributed by atoms with Gasteiger partial charge < -0.3 is 9.64 Å². The van der Waals surface area contributed by atoms with Gasteiger partial charge in [-0.05, 0) is 30.7 Å². The van der Waals surface area contributed by atoms with Crippen molar-refractivity contribution in [3.63, 3.8) is 0 Å². The Kier molecular flexibility index (Phi) is 4.84. The molecule has 1 N–H and O–H groups in total. The number of nitrogens with one attached hydrogen (secondary N) is 1. The number of imidazole rings is 1. The molecule has 8 nitrogen and oxygen atoms in total. The van der Waals surface area contributed by atoms with Crippen LogP contribution in [0.2, 0.25) is 5.02 Å². The number of ether oxygens (including phenoxy) is 1. The maximum Gasteiger partial charge on any atom is 0.274 e. The number of carbonyl (C=O) groups excluding carboxylic acids is 1. The van der Waals surface area contributed by atoms with Crippen LogP contribution in [-0.4, -0.2) is 48.5 Å². The second-order valence-corrected chi connectivity index (χ2v) is 7.63. The number of H-pyrrole nitrogens is 1. The van der Waals surface area contributed by atoms with E-state index in [0.29, 0.717) is 41.9 Å². The molecule has 3 aromatic heterocycles. The smallest absolute Gasteiger partial charge is 0.274 e. The number of hydrogen-bond acceptors (Lipinski definition) is 5. The van der Waals surface area contributed by atoms with Crippen LogP contribution in [0.25, 0.3) is 5.78 Å². The number of amides is 1. The molecule has 4 heterocycles. The van der Waals surface area contributed by atoms with Crippen molar-refractivity contribution in [1.29, 1.82) is 0 Å². The van der Waals surface area contributed by atoms with Crippen LogP contribution in [0, 0.1) is 0 Å². The molecular formula is C21H19ClN6O2. The van der Waals surface area contributed by atoms with E-state index in [2.05, 4.69) is 20.2 Å². The van der Waals surface area contributed by atoms with Gasteiger partial charge in [0.1, 0.15) is 18.1 Å². The van der Waals surface area contributed by atoms with Gasteiger partial charge in [0.2, 0.25) is 5.78 Å². The summed E-state index contributed by atoms with van der Waals surface area (Å²) in [5.74, 6) is 1.25. The highest BCUT2D eigenvalue weighted by Gasteiger charge is 2.30. The Morgan fingerprint density at radius 1 is 1.30 bits per heavy atom. The van der Waals surface area contributed by atoms with E-state index < -0.39 is 0 Å². The van der Waals surface area contributed by atoms with Gasteiger partial charge in [0, 0.05) is 37.6 Å². The molecule has 0 aliphatic carbocycles. The molecule has 1 fully saturated rings. The average Bonchev–Trinajstić information content (AvgIpc) is 3.51. The van der Waals surface area contributed by atoms with Gasteiger partial charge >= 0.3 is 0 Å².